The molecule has 2 unspecified atom stereocenters. The molecule has 90 valence electrons. The van der Waals surface area contributed by atoms with E-state index in [0.717, 1.165) is 18.9 Å². The fourth-order valence-corrected chi connectivity index (χ4v) is 2.48. The Hall–Kier alpha value is -1.45. The van der Waals surface area contributed by atoms with Crippen molar-refractivity contribution in [1.29, 1.82) is 0 Å². The summed E-state index contributed by atoms with van der Waals surface area (Å²) in [5, 5.41) is 0. The van der Waals surface area contributed by atoms with Crippen molar-refractivity contribution in [3.05, 3.63) is 35.4 Å². The number of rotatable bonds is 2. The van der Waals surface area contributed by atoms with E-state index in [1.165, 1.54) is 6.07 Å². The minimum absolute atomic E-state index is 0.120. The molecule has 0 aromatic heterocycles. The van der Waals surface area contributed by atoms with Gasteiger partial charge < -0.3 is 4.74 Å². The van der Waals surface area contributed by atoms with Gasteiger partial charge in [-0.15, -0.1) is 0 Å². The van der Waals surface area contributed by atoms with Crippen LogP contribution in [0.3, 0.4) is 0 Å². The highest BCUT2D eigenvalue weighted by molar-refractivity contribution is 5.73. The van der Waals surface area contributed by atoms with E-state index >= 15 is 0 Å². The van der Waals surface area contributed by atoms with Crippen molar-refractivity contribution in [3.8, 4) is 0 Å². The average molecular weight is 238 g/mol. The van der Waals surface area contributed by atoms with Gasteiger partial charge in [0, 0.05) is 5.92 Å². The molecule has 1 aliphatic heterocycles. The first kappa shape index (κ1) is 10.7. The summed E-state index contributed by atoms with van der Waals surface area (Å²) in [6, 6.07) is 3.83. The molecule has 1 saturated carbocycles. The molecule has 3 rings (SSSR count). The van der Waals surface area contributed by atoms with Crippen molar-refractivity contribution in [2.75, 3.05) is 0 Å². The Morgan fingerprint density at radius 3 is 2.59 bits per heavy atom. The van der Waals surface area contributed by atoms with Crippen LogP contribution in [-0.4, -0.2) is 12.1 Å². The summed E-state index contributed by atoms with van der Waals surface area (Å²) >= 11 is 0. The summed E-state index contributed by atoms with van der Waals surface area (Å²) in [4.78, 5) is 11.3. The van der Waals surface area contributed by atoms with Crippen LogP contribution in [0.5, 0.6) is 0 Å². The third-order valence-corrected chi connectivity index (χ3v) is 3.51. The predicted molar refractivity (Wildman–Crippen MR) is 56.3 cm³/mol. The number of cyclic esters (lactones) is 1. The molecule has 17 heavy (non-hydrogen) atoms. The third-order valence-electron chi connectivity index (χ3n) is 3.51. The van der Waals surface area contributed by atoms with Crippen LogP contribution >= 0.6 is 0 Å². The Labute approximate surface area is 97.6 Å². The van der Waals surface area contributed by atoms with E-state index in [4.69, 9.17) is 4.74 Å². The van der Waals surface area contributed by atoms with E-state index < -0.39 is 11.6 Å². The summed E-state index contributed by atoms with van der Waals surface area (Å²) in [6.07, 6.45) is 2.23. The van der Waals surface area contributed by atoms with E-state index in [0.29, 0.717) is 11.5 Å². The number of carbonyl (C=O) groups is 1. The quantitative estimate of drug-likeness (QED) is 0.740. The number of esters is 1. The van der Waals surface area contributed by atoms with E-state index in [2.05, 4.69) is 0 Å². The van der Waals surface area contributed by atoms with Gasteiger partial charge in [0.1, 0.15) is 6.10 Å². The Bertz CT molecular complexity index is 468. The van der Waals surface area contributed by atoms with Gasteiger partial charge in [0.05, 0.1) is 6.42 Å². The van der Waals surface area contributed by atoms with Crippen LogP contribution in [0.2, 0.25) is 0 Å². The predicted octanol–water partition coefficient (Wildman–Crippen LogP) is 2.77. The van der Waals surface area contributed by atoms with E-state index in [1.54, 1.807) is 6.07 Å². The lowest BCUT2D eigenvalue weighted by atomic mass is 9.90. The zero-order valence-corrected chi connectivity index (χ0v) is 9.16. The molecule has 2 nitrogen and oxygen atoms in total. The first-order valence-electron chi connectivity index (χ1n) is 5.79. The van der Waals surface area contributed by atoms with Crippen LogP contribution in [0, 0.1) is 17.6 Å². The van der Waals surface area contributed by atoms with Crippen LogP contribution in [0.4, 0.5) is 8.78 Å². The second-order valence-corrected chi connectivity index (χ2v) is 4.78. The normalized spacial score (nSPS) is 28.2. The van der Waals surface area contributed by atoms with Crippen LogP contribution in [0.15, 0.2) is 18.2 Å². The number of halogens is 2. The minimum atomic E-state index is -0.864. The second-order valence-electron chi connectivity index (χ2n) is 4.78. The molecule has 0 radical (unpaired) electrons. The highest BCUT2D eigenvalue weighted by atomic mass is 19.2. The minimum Gasteiger partial charge on any atom is -0.461 e. The monoisotopic (exact) mass is 238 g/mol. The Kier molecular flexibility index (Phi) is 2.38. The standard InChI is InChI=1S/C13H12F2O2/c14-10-4-3-8(5-11(10)15)9-6-12(16)17-13(9)7-1-2-7/h3-5,7,9,13H,1-2,6H2. The summed E-state index contributed by atoms with van der Waals surface area (Å²) in [5.41, 5.74) is 0.659. The molecule has 0 N–H and O–H groups in total. The zero-order valence-electron chi connectivity index (χ0n) is 9.16. The second kappa shape index (κ2) is 3.79. The molecule has 1 saturated heterocycles. The van der Waals surface area contributed by atoms with Crippen LogP contribution in [0.1, 0.15) is 30.7 Å². The zero-order chi connectivity index (χ0) is 12.0. The molecule has 1 aromatic carbocycles. The van der Waals surface area contributed by atoms with Gasteiger partial charge in [-0.05, 0) is 36.5 Å². The van der Waals surface area contributed by atoms with Gasteiger partial charge in [0.2, 0.25) is 0 Å². The Morgan fingerprint density at radius 1 is 1.18 bits per heavy atom. The lowest BCUT2D eigenvalue weighted by molar-refractivity contribution is -0.142. The van der Waals surface area contributed by atoms with Gasteiger partial charge in [-0.25, -0.2) is 8.78 Å². The van der Waals surface area contributed by atoms with Gasteiger partial charge in [-0.1, -0.05) is 6.07 Å². The van der Waals surface area contributed by atoms with Gasteiger partial charge >= 0.3 is 5.97 Å². The number of hydrogen-bond donors (Lipinski definition) is 0. The topological polar surface area (TPSA) is 26.3 Å². The van der Waals surface area contributed by atoms with Crippen molar-refractivity contribution in [2.24, 2.45) is 5.92 Å². The fourth-order valence-electron chi connectivity index (χ4n) is 2.48. The summed E-state index contributed by atoms with van der Waals surface area (Å²) in [5.74, 6) is -1.68. The lowest BCUT2D eigenvalue weighted by Gasteiger charge is -2.17. The Morgan fingerprint density at radius 2 is 1.94 bits per heavy atom. The third kappa shape index (κ3) is 1.92. The molecular weight excluding hydrogens is 226 g/mol. The molecule has 4 heteroatoms. The molecule has 0 amide bonds. The number of benzene rings is 1. The van der Waals surface area contributed by atoms with Gasteiger partial charge in [0.15, 0.2) is 11.6 Å². The number of carbonyl (C=O) groups excluding carboxylic acids is 1. The van der Waals surface area contributed by atoms with Gasteiger partial charge in [-0.2, -0.15) is 0 Å². The largest absolute Gasteiger partial charge is 0.461 e. The number of ether oxygens (including phenoxy) is 1. The molecule has 0 bridgehead atoms. The van der Waals surface area contributed by atoms with Crippen LogP contribution in [-0.2, 0) is 9.53 Å². The smallest absolute Gasteiger partial charge is 0.306 e. The molecule has 1 heterocycles. The van der Waals surface area contributed by atoms with Crippen molar-refractivity contribution < 1.29 is 18.3 Å². The summed E-state index contributed by atoms with van der Waals surface area (Å²) in [7, 11) is 0. The molecule has 0 spiro atoms. The van der Waals surface area contributed by atoms with E-state index in [-0.39, 0.29) is 24.4 Å². The lowest BCUT2D eigenvalue weighted by Crippen LogP contribution is -2.17. The molecular formula is C13H12F2O2. The Balaban J connectivity index is 1.90. The van der Waals surface area contributed by atoms with Crippen molar-refractivity contribution in [1.82, 2.24) is 0 Å². The van der Waals surface area contributed by atoms with Crippen LogP contribution in [0.25, 0.3) is 0 Å². The summed E-state index contributed by atoms with van der Waals surface area (Å²) in [6.45, 7) is 0. The molecule has 2 aliphatic rings. The maximum absolute atomic E-state index is 13.2. The SMILES string of the molecule is O=C1CC(c2ccc(F)c(F)c2)C(C2CC2)O1. The van der Waals surface area contributed by atoms with E-state index in [1.807, 2.05) is 0 Å². The van der Waals surface area contributed by atoms with Crippen molar-refractivity contribution >= 4 is 5.97 Å². The number of hydrogen-bond acceptors (Lipinski definition) is 2. The highest BCUT2D eigenvalue weighted by Gasteiger charge is 2.45. The molecule has 2 atom stereocenters. The average Bonchev–Trinajstić information content (AvgIpc) is 3.06. The van der Waals surface area contributed by atoms with Crippen molar-refractivity contribution in [2.45, 2.75) is 31.3 Å². The summed E-state index contributed by atoms with van der Waals surface area (Å²) < 4.78 is 31.3. The maximum atomic E-state index is 13.2. The molecule has 2 fully saturated rings. The maximum Gasteiger partial charge on any atom is 0.306 e. The highest BCUT2D eigenvalue weighted by Crippen LogP contribution is 2.45. The molecule has 1 aromatic rings. The van der Waals surface area contributed by atoms with Crippen LogP contribution < -0.4 is 0 Å². The first-order valence-corrected chi connectivity index (χ1v) is 5.79. The molecule has 1 aliphatic carbocycles. The van der Waals surface area contributed by atoms with E-state index in [9.17, 15) is 13.6 Å². The van der Waals surface area contributed by atoms with Gasteiger partial charge in [-0.3, -0.25) is 4.79 Å². The van der Waals surface area contributed by atoms with Gasteiger partial charge in [0.25, 0.3) is 0 Å². The first-order chi connectivity index (χ1) is 8.15. The van der Waals surface area contributed by atoms with Crippen molar-refractivity contribution in [3.63, 3.8) is 0 Å². The fraction of sp³-hybridized carbons (Fsp3) is 0.462.